The van der Waals surface area contributed by atoms with Gasteiger partial charge < -0.3 is 20.5 Å². The number of thioether (sulfide) groups is 1. The number of rotatable bonds is 6. The lowest BCUT2D eigenvalue weighted by Crippen LogP contribution is -2.67. The van der Waals surface area contributed by atoms with Gasteiger partial charge in [-0.1, -0.05) is 81.4 Å². The lowest BCUT2D eigenvalue weighted by molar-refractivity contribution is 0.295. The van der Waals surface area contributed by atoms with Crippen LogP contribution in [0.4, 0.5) is 11.8 Å². The van der Waals surface area contributed by atoms with Crippen LogP contribution in [0.5, 0.6) is 0 Å². The number of nitrogen functional groups attached to an aromatic ring is 2. The number of hydrogen-bond donors (Lipinski definition) is 2. The smallest absolute Gasteiger partial charge is 0.261 e. The molecular weight excluding hydrogens is 472 g/mol. The molecule has 0 saturated carbocycles. The number of imidazole rings is 1. The SMILES string of the molecule is CC(C)(C)[Si](OC[C@H]1CCC(n2cnc3c(N)nc(N)nc32)S1)(c1ccccc1)c1ccccc1. The quantitative estimate of drug-likeness (QED) is 0.383. The van der Waals surface area contributed by atoms with E-state index in [0.717, 1.165) is 12.8 Å². The molecule has 0 radical (unpaired) electrons. The minimum absolute atomic E-state index is 0.0368. The van der Waals surface area contributed by atoms with Crippen molar-refractivity contribution in [2.45, 2.75) is 49.3 Å². The van der Waals surface area contributed by atoms with Gasteiger partial charge in [0.05, 0.1) is 11.7 Å². The van der Waals surface area contributed by atoms with Gasteiger partial charge in [0.2, 0.25) is 5.95 Å². The summed E-state index contributed by atoms with van der Waals surface area (Å²) in [6.07, 6.45) is 3.87. The number of aromatic nitrogens is 4. The van der Waals surface area contributed by atoms with E-state index in [9.17, 15) is 0 Å². The number of benzene rings is 2. The van der Waals surface area contributed by atoms with Crippen LogP contribution in [0.2, 0.25) is 5.04 Å². The Kier molecular flexibility index (Phi) is 6.33. The molecule has 2 aromatic carbocycles. The van der Waals surface area contributed by atoms with Gasteiger partial charge in [-0.25, -0.2) is 4.98 Å². The molecule has 1 fully saturated rings. The Labute approximate surface area is 211 Å². The molecule has 3 heterocycles. The molecule has 9 heteroatoms. The summed E-state index contributed by atoms with van der Waals surface area (Å²) in [5, 5.41) is 3.16. The molecule has 7 nitrogen and oxygen atoms in total. The Balaban J connectivity index is 1.42. The molecule has 0 amide bonds. The van der Waals surface area contributed by atoms with Crippen LogP contribution >= 0.6 is 11.8 Å². The Morgan fingerprint density at radius 2 is 1.60 bits per heavy atom. The van der Waals surface area contributed by atoms with E-state index < -0.39 is 8.32 Å². The fourth-order valence-corrected chi connectivity index (χ4v) is 11.3. The van der Waals surface area contributed by atoms with E-state index in [0.29, 0.717) is 28.8 Å². The number of nitrogens with two attached hydrogens (primary N) is 2. The molecule has 5 rings (SSSR count). The normalized spacial score (nSPS) is 18.8. The number of nitrogens with zero attached hydrogens (tertiary/aromatic N) is 4. The van der Waals surface area contributed by atoms with Gasteiger partial charge in [0.1, 0.15) is 5.52 Å². The van der Waals surface area contributed by atoms with Crippen molar-refractivity contribution in [3.05, 3.63) is 67.0 Å². The van der Waals surface area contributed by atoms with Crippen LogP contribution in [0.25, 0.3) is 11.2 Å². The number of fused-ring (bicyclic) bond motifs is 1. The second kappa shape index (κ2) is 9.29. The minimum Gasteiger partial charge on any atom is -0.406 e. The van der Waals surface area contributed by atoms with Gasteiger partial charge in [0.25, 0.3) is 8.32 Å². The van der Waals surface area contributed by atoms with Crippen molar-refractivity contribution < 1.29 is 4.43 Å². The molecule has 0 bridgehead atoms. The van der Waals surface area contributed by atoms with Crippen LogP contribution in [-0.2, 0) is 4.43 Å². The zero-order chi connectivity index (χ0) is 24.6. The lowest BCUT2D eigenvalue weighted by atomic mass is 10.2. The molecule has 4 N–H and O–H groups in total. The van der Waals surface area contributed by atoms with E-state index in [-0.39, 0.29) is 16.4 Å². The van der Waals surface area contributed by atoms with Gasteiger partial charge in [-0.05, 0) is 28.3 Å². The summed E-state index contributed by atoms with van der Waals surface area (Å²) in [4.78, 5) is 12.9. The zero-order valence-electron chi connectivity index (χ0n) is 20.4. The Morgan fingerprint density at radius 1 is 0.971 bits per heavy atom. The molecule has 182 valence electrons. The van der Waals surface area contributed by atoms with Gasteiger partial charge in [-0.15, -0.1) is 11.8 Å². The summed E-state index contributed by atoms with van der Waals surface area (Å²) in [5.41, 5.74) is 13.2. The predicted octanol–water partition coefficient (Wildman–Crippen LogP) is 3.96. The Morgan fingerprint density at radius 3 is 2.20 bits per heavy atom. The Bertz CT molecular complexity index is 1270. The van der Waals surface area contributed by atoms with Gasteiger partial charge in [0.15, 0.2) is 11.5 Å². The van der Waals surface area contributed by atoms with E-state index in [1.807, 2.05) is 11.8 Å². The summed E-state index contributed by atoms with van der Waals surface area (Å²) in [7, 11) is -2.55. The number of hydrogen-bond acceptors (Lipinski definition) is 7. The molecule has 1 aliphatic heterocycles. The van der Waals surface area contributed by atoms with Crippen LogP contribution in [0.1, 0.15) is 39.0 Å². The van der Waals surface area contributed by atoms with Gasteiger partial charge in [-0.2, -0.15) is 9.97 Å². The highest BCUT2D eigenvalue weighted by molar-refractivity contribution is 8.00. The van der Waals surface area contributed by atoms with Crippen molar-refractivity contribution in [2.24, 2.45) is 0 Å². The largest absolute Gasteiger partial charge is 0.406 e. The van der Waals surface area contributed by atoms with E-state index in [1.54, 1.807) is 6.33 Å². The van der Waals surface area contributed by atoms with Crippen molar-refractivity contribution >= 4 is 53.4 Å². The average molecular weight is 505 g/mol. The summed E-state index contributed by atoms with van der Waals surface area (Å²) >= 11 is 1.91. The second-order valence-corrected chi connectivity index (χ2v) is 15.8. The predicted molar refractivity (Wildman–Crippen MR) is 147 cm³/mol. The standard InChI is InChI=1S/C26H32N6OSSi/c1-26(2,3)35(19-10-6-4-7-11-19,20-12-8-5-9-13-20)33-16-18-14-15-21(34-18)32-17-29-22-23(27)30-25(28)31-24(22)32/h4-13,17-18,21H,14-16H2,1-3H3,(H4,27,28,30,31)/t18-,21?/m1/s1. The third-order valence-corrected chi connectivity index (χ3v) is 13.3. The van der Waals surface area contributed by atoms with E-state index in [4.69, 9.17) is 15.9 Å². The molecule has 2 aromatic heterocycles. The fraction of sp³-hybridized carbons (Fsp3) is 0.346. The second-order valence-electron chi connectivity index (χ2n) is 10.1. The third kappa shape index (κ3) is 4.32. The Hall–Kier alpha value is -2.88. The van der Waals surface area contributed by atoms with Crippen molar-refractivity contribution in [1.82, 2.24) is 19.5 Å². The van der Waals surface area contributed by atoms with Crippen LogP contribution in [0.15, 0.2) is 67.0 Å². The lowest BCUT2D eigenvalue weighted by Gasteiger charge is -2.43. The van der Waals surface area contributed by atoms with Crippen LogP contribution in [-0.4, -0.2) is 39.7 Å². The molecule has 2 atom stereocenters. The zero-order valence-corrected chi connectivity index (χ0v) is 22.2. The van der Waals surface area contributed by atoms with Gasteiger partial charge >= 0.3 is 0 Å². The van der Waals surface area contributed by atoms with Crippen molar-refractivity contribution in [1.29, 1.82) is 0 Å². The van der Waals surface area contributed by atoms with Crippen LogP contribution < -0.4 is 21.8 Å². The van der Waals surface area contributed by atoms with Crippen molar-refractivity contribution in [3.8, 4) is 0 Å². The first kappa shape index (κ1) is 23.8. The molecule has 35 heavy (non-hydrogen) atoms. The summed E-state index contributed by atoms with van der Waals surface area (Å²) in [6, 6.07) is 21.6. The van der Waals surface area contributed by atoms with Crippen molar-refractivity contribution in [2.75, 3.05) is 18.1 Å². The first-order valence-electron chi connectivity index (χ1n) is 12.0. The topological polar surface area (TPSA) is 105 Å². The fourth-order valence-electron chi connectivity index (χ4n) is 5.16. The highest BCUT2D eigenvalue weighted by Crippen LogP contribution is 2.44. The van der Waals surface area contributed by atoms with Crippen LogP contribution in [0.3, 0.4) is 0 Å². The molecule has 1 saturated heterocycles. The maximum atomic E-state index is 7.17. The minimum atomic E-state index is -2.55. The number of anilines is 2. The monoisotopic (exact) mass is 504 g/mol. The van der Waals surface area contributed by atoms with E-state index >= 15 is 0 Å². The molecule has 1 unspecified atom stereocenters. The first-order valence-corrected chi connectivity index (χ1v) is 14.8. The first-order chi connectivity index (χ1) is 16.8. The highest BCUT2D eigenvalue weighted by Gasteiger charge is 2.50. The molecule has 1 aliphatic rings. The maximum absolute atomic E-state index is 7.17. The highest BCUT2D eigenvalue weighted by atomic mass is 32.2. The summed E-state index contributed by atoms with van der Waals surface area (Å²) in [5.74, 6) is 0.493. The average Bonchev–Trinajstić information content (AvgIpc) is 3.47. The third-order valence-electron chi connectivity index (χ3n) is 6.76. The van der Waals surface area contributed by atoms with Gasteiger partial charge in [0, 0.05) is 11.9 Å². The molecule has 0 aliphatic carbocycles. The van der Waals surface area contributed by atoms with Gasteiger partial charge in [-0.3, -0.25) is 0 Å². The molecule has 4 aromatic rings. The van der Waals surface area contributed by atoms with E-state index in [2.05, 4.69) is 101 Å². The summed E-state index contributed by atoms with van der Waals surface area (Å²) < 4.78 is 9.25. The van der Waals surface area contributed by atoms with Crippen molar-refractivity contribution in [3.63, 3.8) is 0 Å². The summed E-state index contributed by atoms with van der Waals surface area (Å²) in [6.45, 7) is 7.64. The van der Waals surface area contributed by atoms with Crippen LogP contribution in [0, 0.1) is 0 Å². The molecule has 0 spiro atoms. The maximum Gasteiger partial charge on any atom is 0.261 e. The molecular formula is C26H32N6OSSi. The van der Waals surface area contributed by atoms with E-state index in [1.165, 1.54) is 10.4 Å².